The number of carbonyl (C=O) groups is 1. The van der Waals surface area contributed by atoms with Crippen LogP contribution in [0.2, 0.25) is 0 Å². The van der Waals surface area contributed by atoms with Gasteiger partial charge in [-0.05, 0) is 50.3 Å². The second kappa shape index (κ2) is 9.29. The molecule has 1 heterocycles. The summed E-state index contributed by atoms with van der Waals surface area (Å²) < 4.78 is 2.19. The van der Waals surface area contributed by atoms with E-state index in [1.807, 2.05) is 39.8 Å². The number of aryl methyl sites for hydroxylation is 1. The Morgan fingerprint density at radius 3 is 2.67 bits per heavy atom. The second-order valence-corrected chi connectivity index (χ2v) is 6.50. The van der Waals surface area contributed by atoms with E-state index in [0.29, 0.717) is 13.0 Å². The second-order valence-electron chi connectivity index (χ2n) is 6.50. The molecule has 0 bridgehead atoms. The van der Waals surface area contributed by atoms with Crippen LogP contribution in [0.15, 0.2) is 11.6 Å². The van der Waals surface area contributed by atoms with Gasteiger partial charge in [0, 0.05) is 24.5 Å². The van der Waals surface area contributed by atoms with Gasteiger partial charge in [0.05, 0.1) is 6.10 Å². The number of amides is 1. The summed E-state index contributed by atoms with van der Waals surface area (Å²) >= 11 is 0. The minimum absolute atomic E-state index is 0.0887. The van der Waals surface area contributed by atoms with E-state index in [9.17, 15) is 15.2 Å². The van der Waals surface area contributed by atoms with E-state index in [1.54, 1.807) is 6.08 Å². The maximum atomic E-state index is 12.2. The third-order valence-corrected chi connectivity index (χ3v) is 4.22. The molecule has 0 saturated carbocycles. The normalized spacial score (nSPS) is 13.0. The molecule has 5 heteroatoms. The summed E-state index contributed by atoms with van der Waals surface area (Å²) in [7, 11) is 0. The Bertz CT molecular complexity index is 636. The lowest BCUT2D eigenvalue weighted by Crippen LogP contribution is -2.29. The Kier molecular flexibility index (Phi) is 7.73. The van der Waals surface area contributed by atoms with E-state index < -0.39 is 12.0 Å². The van der Waals surface area contributed by atoms with Gasteiger partial charge in [-0.3, -0.25) is 4.79 Å². The number of rotatable bonds is 8. The van der Waals surface area contributed by atoms with Crippen LogP contribution in [0, 0.1) is 31.1 Å². The van der Waals surface area contributed by atoms with Crippen molar-refractivity contribution < 1.29 is 9.90 Å². The van der Waals surface area contributed by atoms with Crippen LogP contribution in [0.5, 0.6) is 0 Å². The molecule has 0 saturated heterocycles. The summed E-state index contributed by atoms with van der Waals surface area (Å²) in [5, 5.41) is 21.8. The maximum Gasteiger partial charge on any atom is 0.261 e. The van der Waals surface area contributed by atoms with Crippen molar-refractivity contribution in [2.24, 2.45) is 5.92 Å². The van der Waals surface area contributed by atoms with E-state index >= 15 is 0 Å². The fourth-order valence-corrected chi connectivity index (χ4v) is 2.61. The standard InChI is InChI=1S/C19H29N3O2/c1-6-9-22-14(4)10-16(15(22)5)11-17(12-20)19(24)21-8-7-18(23)13(2)3/h10-11,13,18,23H,6-9H2,1-5H3,(H,21,24). The van der Waals surface area contributed by atoms with Crippen LogP contribution in [-0.4, -0.2) is 28.2 Å². The summed E-state index contributed by atoms with van der Waals surface area (Å²) in [6.45, 7) is 11.3. The molecule has 24 heavy (non-hydrogen) atoms. The first kappa shape index (κ1) is 20.0. The first-order chi connectivity index (χ1) is 11.3. The van der Waals surface area contributed by atoms with Crippen molar-refractivity contribution in [2.45, 2.75) is 60.1 Å². The number of aliphatic hydroxyl groups excluding tert-OH is 1. The van der Waals surface area contributed by atoms with Crippen molar-refractivity contribution >= 4 is 12.0 Å². The topological polar surface area (TPSA) is 78.0 Å². The number of carbonyl (C=O) groups excluding carboxylic acids is 1. The molecule has 0 radical (unpaired) electrons. The summed E-state index contributed by atoms with van der Waals surface area (Å²) in [6, 6.07) is 3.97. The molecule has 1 amide bonds. The molecule has 0 fully saturated rings. The summed E-state index contributed by atoms with van der Waals surface area (Å²) in [6.07, 6.45) is 2.70. The zero-order valence-electron chi connectivity index (χ0n) is 15.4. The Labute approximate surface area is 145 Å². The van der Waals surface area contributed by atoms with Crippen molar-refractivity contribution in [3.63, 3.8) is 0 Å². The van der Waals surface area contributed by atoms with Gasteiger partial charge in [-0.1, -0.05) is 20.8 Å². The van der Waals surface area contributed by atoms with Gasteiger partial charge in [0.1, 0.15) is 11.6 Å². The molecule has 1 atom stereocenters. The van der Waals surface area contributed by atoms with E-state index in [0.717, 1.165) is 29.9 Å². The lowest BCUT2D eigenvalue weighted by molar-refractivity contribution is -0.117. The van der Waals surface area contributed by atoms with Crippen molar-refractivity contribution in [1.82, 2.24) is 9.88 Å². The number of nitriles is 1. The van der Waals surface area contributed by atoms with Crippen LogP contribution < -0.4 is 5.32 Å². The molecule has 0 aliphatic rings. The lowest BCUT2D eigenvalue weighted by Gasteiger charge is -2.14. The quantitative estimate of drug-likeness (QED) is 0.568. The van der Waals surface area contributed by atoms with Crippen molar-refractivity contribution in [3.05, 3.63) is 28.6 Å². The predicted molar refractivity (Wildman–Crippen MR) is 96.3 cm³/mol. The van der Waals surface area contributed by atoms with Crippen LogP contribution in [-0.2, 0) is 11.3 Å². The molecular formula is C19H29N3O2. The first-order valence-corrected chi connectivity index (χ1v) is 8.56. The molecule has 2 N–H and O–H groups in total. The minimum atomic E-state index is -0.451. The number of hydrogen-bond donors (Lipinski definition) is 2. The van der Waals surface area contributed by atoms with Gasteiger partial charge in [-0.2, -0.15) is 5.26 Å². The van der Waals surface area contributed by atoms with Gasteiger partial charge < -0.3 is 15.0 Å². The smallest absolute Gasteiger partial charge is 0.261 e. The molecule has 0 aliphatic carbocycles. The Balaban J connectivity index is 2.82. The molecule has 1 rings (SSSR count). The molecule has 0 aliphatic heterocycles. The van der Waals surface area contributed by atoms with Crippen LogP contribution in [0.4, 0.5) is 0 Å². The number of hydrogen-bond acceptors (Lipinski definition) is 3. The molecule has 1 aromatic rings. The van der Waals surface area contributed by atoms with Crippen LogP contribution in [0.25, 0.3) is 6.08 Å². The van der Waals surface area contributed by atoms with E-state index in [-0.39, 0.29) is 11.5 Å². The van der Waals surface area contributed by atoms with Crippen molar-refractivity contribution in [1.29, 1.82) is 5.26 Å². The zero-order chi connectivity index (χ0) is 18.3. The zero-order valence-corrected chi connectivity index (χ0v) is 15.4. The lowest BCUT2D eigenvalue weighted by atomic mass is 10.0. The van der Waals surface area contributed by atoms with E-state index in [4.69, 9.17) is 0 Å². The van der Waals surface area contributed by atoms with Crippen LogP contribution in [0.3, 0.4) is 0 Å². The van der Waals surface area contributed by atoms with Gasteiger partial charge in [-0.25, -0.2) is 0 Å². The summed E-state index contributed by atoms with van der Waals surface area (Å²) in [4.78, 5) is 12.2. The average molecular weight is 331 g/mol. The largest absolute Gasteiger partial charge is 0.393 e. The summed E-state index contributed by atoms with van der Waals surface area (Å²) in [5.74, 6) is -0.245. The number of aromatic nitrogens is 1. The number of nitrogens with zero attached hydrogens (tertiary/aromatic N) is 2. The Hall–Kier alpha value is -2.06. The first-order valence-electron chi connectivity index (χ1n) is 8.56. The highest BCUT2D eigenvalue weighted by Gasteiger charge is 2.14. The number of nitrogens with one attached hydrogen (secondary N) is 1. The van der Waals surface area contributed by atoms with Gasteiger partial charge in [-0.15, -0.1) is 0 Å². The monoisotopic (exact) mass is 331 g/mol. The molecule has 0 aromatic carbocycles. The van der Waals surface area contributed by atoms with Gasteiger partial charge in [0.15, 0.2) is 0 Å². The molecule has 5 nitrogen and oxygen atoms in total. The van der Waals surface area contributed by atoms with Gasteiger partial charge >= 0.3 is 0 Å². The summed E-state index contributed by atoms with van der Waals surface area (Å²) in [5.41, 5.74) is 3.17. The van der Waals surface area contributed by atoms with Gasteiger partial charge in [0.25, 0.3) is 5.91 Å². The molecule has 1 aromatic heterocycles. The van der Waals surface area contributed by atoms with Crippen LogP contribution >= 0.6 is 0 Å². The van der Waals surface area contributed by atoms with E-state index in [2.05, 4.69) is 16.8 Å². The maximum absolute atomic E-state index is 12.2. The minimum Gasteiger partial charge on any atom is -0.393 e. The molecular weight excluding hydrogens is 302 g/mol. The Morgan fingerprint density at radius 1 is 1.46 bits per heavy atom. The number of aliphatic hydroxyl groups is 1. The highest BCUT2D eigenvalue weighted by molar-refractivity contribution is 6.01. The van der Waals surface area contributed by atoms with Crippen molar-refractivity contribution in [2.75, 3.05) is 6.54 Å². The highest BCUT2D eigenvalue weighted by Crippen LogP contribution is 2.18. The molecule has 0 spiro atoms. The fraction of sp³-hybridized carbons (Fsp3) is 0.579. The van der Waals surface area contributed by atoms with Gasteiger partial charge in [0.2, 0.25) is 0 Å². The SMILES string of the molecule is CCCn1c(C)cc(C=C(C#N)C(=O)NCCC(O)C(C)C)c1C. The Morgan fingerprint density at radius 2 is 2.12 bits per heavy atom. The van der Waals surface area contributed by atoms with Crippen LogP contribution in [0.1, 0.15) is 50.6 Å². The van der Waals surface area contributed by atoms with Crippen molar-refractivity contribution in [3.8, 4) is 6.07 Å². The molecule has 132 valence electrons. The third-order valence-electron chi connectivity index (χ3n) is 4.22. The third kappa shape index (κ3) is 5.24. The molecule has 1 unspecified atom stereocenters. The van der Waals surface area contributed by atoms with E-state index in [1.165, 1.54) is 0 Å². The predicted octanol–water partition coefficient (Wildman–Crippen LogP) is 2.95. The average Bonchev–Trinajstić information content (AvgIpc) is 2.79. The fourth-order valence-electron chi connectivity index (χ4n) is 2.61. The highest BCUT2D eigenvalue weighted by atomic mass is 16.3.